The first kappa shape index (κ1) is 19.1. The summed E-state index contributed by atoms with van der Waals surface area (Å²) in [6.07, 6.45) is 1.80. The molecule has 25 heavy (non-hydrogen) atoms. The Kier molecular flexibility index (Phi) is 6.25. The van der Waals surface area contributed by atoms with Crippen LogP contribution in [0.15, 0.2) is 53.4 Å². The molecule has 2 rings (SSSR count). The maximum atomic E-state index is 12.5. The van der Waals surface area contributed by atoms with Gasteiger partial charge < -0.3 is 5.32 Å². The van der Waals surface area contributed by atoms with Crippen LogP contribution in [0.3, 0.4) is 0 Å². The Morgan fingerprint density at radius 1 is 1.00 bits per heavy atom. The molecule has 0 saturated heterocycles. The molecule has 0 bridgehead atoms. The Morgan fingerprint density at radius 3 is 2.08 bits per heavy atom. The van der Waals surface area contributed by atoms with Crippen molar-refractivity contribution in [3.05, 3.63) is 59.7 Å². The van der Waals surface area contributed by atoms with Crippen LogP contribution in [-0.4, -0.2) is 20.1 Å². The van der Waals surface area contributed by atoms with Crippen molar-refractivity contribution in [2.45, 2.75) is 36.8 Å². The van der Waals surface area contributed by atoms with Crippen molar-refractivity contribution in [3.63, 3.8) is 0 Å². The van der Waals surface area contributed by atoms with Gasteiger partial charge in [0.2, 0.25) is 15.7 Å². The summed E-state index contributed by atoms with van der Waals surface area (Å²) < 4.78 is 47.6. The van der Waals surface area contributed by atoms with Crippen molar-refractivity contribution in [2.75, 3.05) is 5.32 Å². The fourth-order valence-electron chi connectivity index (χ4n) is 2.25. The van der Waals surface area contributed by atoms with Crippen molar-refractivity contribution in [2.24, 2.45) is 0 Å². The van der Waals surface area contributed by atoms with Crippen LogP contribution in [0.4, 0.5) is 14.5 Å². The number of carbonyl (C=O) groups excluding carboxylic acids is 1. The van der Waals surface area contributed by atoms with E-state index >= 15 is 0 Å². The van der Waals surface area contributed by atoms with Crippen LogP contribution < -0.4 is 5.32 Å². The first-order chi connectivity index (χ1) is 11.8. The highest BCUT2D eigenvalue weighted by Gasteiger charge is 2.26. The topological polar surface area (TPSA) is 63.2 Å². The highest BCUT2D eigenvalue weighted by Crippen LogP contribution is 2.20. The van der Waals surface area contributed by atoms with Crippen LogP contribution in [0, 0.1) is 0 Å². The molecule has 0 radical (unpaired) electrons. The van der Waals surface area contributed by atoms with E-state index in [2.05, 4.69) is 12.2 Å². The number of carbonyl (C=O) groups is 1. The van der Waals surface area contributed by atoms with E-state index in [0.717, 1.165) is 24.1 Å². The van der Waals surface area contributed by atoms with Crippen LogP contribution in [-0.2, 0) is 27.5 Å². The standard InChI is InChI=1S/C18H19F2NO3S/c1-2-13-3-5-14(6-4-13)7-12-17(22)21-15-8-10-16(11-9-15)25(23,24)18(19)20/h3-6,8-11,18H,2,7,12H2,1H3,(H,21,22). The predicted octanol–water partition coefficient (Wildman–Crippen LogP) is 3.82. The third-order valence-corrected chi connectivity index (χ3v) is 5.17. The van der Waals surface area contributed by atoms with Crippen molar-refractivity contribution in [1.29, 1.82) is 0 Å². The predicted molar refractivity (Wildman–Crippen MR) is 92.4 cm³/mol. The number of rotatable bonds is 7. The average molecular weight is 367 g/mol. The van der Waals surface area contributed by atoms with Gasteiger partial charge >= 0.3 is 5.76 Å². The van der Waals surface area contributed by atoms with E-state index in [1.807, 2.05) is 24.3 Å². The van der Waals surface area contributed by atoms with Gasteiger partial charge in [-0.1, -0.05) is 31.2 Å². The largest absolute Gasteiger partial charge is 0.341 e. The van der Waals surface area contributed by atoms with Gasteiger partial charge in [0.1, 0.15) is 0 Å². The summed E-state index contributed by atoms with van der Waals surface area (Å²) in [6, 6.07) is 12.7. The van der Waals surface area contributed by atoms with E-state index < -0.39 is 20.5 Å². The SMILES string of the molecule is CCc1ccc(CCC(=O)Nc2ccc(S(=O)(=O)C(F)F)cc2)cc1. The van der Waals surface area contributed by atoms with Gasteiger partial charge in [-0.15, -0.1) is 0 Å². The lowest BCUT2D eigenvalue weighted by Gasteiger charge is -2.07. The maximum Gasteiger partial charge on any atom is 0.341 e. The highest BCUT2D eigenvalue weighted by atomic mass is 32.2. The summed E-state index contributed by atoms with van der Waals surface area (Å²) in [5.41, 5.74) is 2.64. The Morgan fingerprint density at radius 2 is 1.56 bits per heavy atom. The number of sulfone groups is 1. The molecular weight excluding hydrogens is 348 g/mol. The summed E-state index contributed by atoms with van der Waals surface area (Å²) in [5, 5.41) is 2.62. The Bertz CT molecular complexity index is 816. The molecule has 2 aromatic carbocycles. The summed E-state index contributed by atoms with van der Waals surface area (Å²) in [4.78, 5) is 11.5. The van der Waals surface area contributed by atoms with Crippen LogP contribution in [0.25, 0.3) is 0 Å². The van der Waals surface area contributed by atoms with Crippen molar-refractivity contribution >= 4 is 21.4 Å². The number of halogens is 2. The molecule has 0 aromatic heterocycles. The van der Waals surface area contributed by atoms with E-state index in [1.54, 1.807) is 0 Å². The third-order valence-electron chi connectivity index (χ3n) is 3.77. The zero-order chi connectivity index (χ0) is 18.4. The van der Waals surface area contributed by atoms with E-state index in [4.69, 9.17) is 0 Å². The second-order valence-electron chi connectivity index (χ2n) is 5.55. The van der Waals surface area contributed by atoms with Crippen molar-refractivity contribution < 1.29 is 22.0 Å². The van der Waals surface area contributed by atoms with Gasteiger partial charge in [0.15, 0.2) is 0 Å². The molecular formula is C18H19F2NO3S. The molecule has 4 nitrogen and oxygen atoms in total. The molecule has 0 saturated carbocycles. The molecule has 1 amide bonds. The number of amides is 1. The second kappa shape index (κ2) is 8.20. The van der Waals surface area contributed by atoms with Crippen LogP contribution >= 0.6 is 0 Å². The fraction of sp³-hybridized carbons (Fsp3) is 0.278. The molecule has 0 atom stereocenters. The smallest absolute Gasteiger partial charge is 0.326 e. The number of nitrogens with one attached hydrogen (secondary N) is 1. The number of hydrogen-bond acceptors (Lipinski definition) is 3. The average Bonchev–Trinajstić information content (AvgIpc) is 2.60. The summed E-state index contributed by atoms with van der Waals surface area (Å²) in [5.74, 6) is -3.70. The molecule has 2 aromatic rings. The molecule has 0 unspecified atom stereocenters. The monoisotopic (exact) mass is 367 g/mol. The zero-order valence-corrected chi connectivity index (χ0v) is 14.5. The van der Waals surface area contributed by atoms with Gasteiger partial charge in [-0.3, -0.25) is 4.79 Å². The van der Waals surface area contributed by atoms with Crippen LogP contribution in [0.1, 0.15) is 24.5 Å². The molecule has 1 N–H and O–H groups in total. The van der Waals surface area contributed by atoms with E-state index in [0.29, 0.717) is 12.1 Å². The minimum absolute atomic E-state index is 0.232. The van der Waals surface area contributed by atoms with Crippen LogP contribution in [0.2, 0.25) is 0 Å². The quantitative estimate of drug-likeness (QED) is 0.809. The van der Waals surface area contributed by atoms with Crippen molar-refractivity contribution in [1.82, 2.24) is 0 Å². The summed E-state index contributed by atoms with van der Waals surface area (Å²) >= 11 is 0. The molecule has 7 heteroatoms. The number of anilines is 1. The first-order valence-electron chi connectivity index (χ1n) is 7.82. The molecule has 0 spiro atoms. The van der Waals surface area contributed by atoms with Crippen molar-refractivity contribution in [3.8, 4) is 0 Å². The Hall–Kier alpha value is -2.28. The fourth-order valence-corrected chi connectivity index (χ4v) is 2.97. The van der Waals surface area contributed by atoms with E-state index in [9.17, 15) is 22.0 Å². The Balaban J connectivity index is 1.92. The van der Waals surface area contributed by atoms with Gasteiger partial charge in [-0.2, -0.15) is 8.78 Å². The number of benzene rings is 2. The lowest BCUT2D eigenvalue weighted by Crippen LogP contribution is -2.13. The van der Waals surface area contributed by atoms with Gasteiger partial charge in [-0.05, 0) is 48.2 Å². The lowest BCUT2D eigenvalue weighted by molar-refractivity contribution is -0.116. The molecule has 0 aliphatic carbocycles. The minimum atomic E-state index is -4.62. The Labute approximate surface area is 145 Å². The summed E-state index contributed by atoms with van der Waals surface area (Å²) in [6.45, 7) is 2.07. The van der Waals surface area contributed by atoms with Gasteiger partial charge in [-0.25, -0.2) is 8.42 Å². The molecule has 0 heterocycles. The van der Waals surface area contributed by atoms with Crippen LogP contribution in [0.5, 0.6) is 0 Å². The normalized spacial score (nSPS) is 11.5. The zero-order valence-electron chi connectivity index (χ0n) is 13.7. The minimum Gasteiger partial charge on any atom is -0.326 e. The molecule has 0 fully saturated rings. The van der Waals surface area contributed by atoms with Gasteiger partial charge in [0.05, 0.1) is 4.90 Å². The highest BCUT2D eigenvalue weighted by molar-refractivity contribution is 7.91. The van der Waals surface area contributed by atoms with E-state index in [-0.39, 0.29) is 12.3 Å². The number of hydrogen-bond donors (Lipinski definition) is 1. The third kappa shape index (κ3) is 5.09. The van der Waals surface area contributed by atoms with E-state index in [1.165, 1.54) is 17.7 Å². The maximum absolute atomic E-state index is 12.5. The molecule has 0 aliphatic heterocycles. The lowest BCUT2D eigenvalue weighted by atomic mass is 10.1. The summed E-state index contributed by atoms with van der Waals surface area (Å²) in [7, 11) is -4.62. The molecule has 0 aliphatic rings. The molecule has 134 valence electrons. The first-order valence-corrected chi connectivity index (χ1v) is 9.37. The van der Waals surface area contributed by atoms with Gasteiger partial charge in [0, 0.05) is 12.1 Å². The van der Waals surface area contributed by atoms with Gasteiger partial charge in [0.25, 0.3) is 0 Å². The number of aryl methyl sites for hydroxylation is 2. The number of alkyl halides is 2. The second-order valence-corrected chi connectivity index (χ2v) is 7.47.